The van der Waals surface area contributed by atoms with Crippen molar-refractivity contribution in [2.24, 2.45) is 0 Å². The number of hydrogen-bond acceptors (Lipinski definition) is 3. The van der Waals surface area contributed by atoms with Crippen molar-refractivity contribution in [1.82, 2.24) is 0 Å². The highest BCUT2D eigenvalue weighted by molar-refractivity contribution is 6.63. The van der Waals surface area contributed by atoms with Gasteiger partial charge < -0.3 is 4.74 Å². The molecule has 0 bridgehead atoms. The number of unbranched alkanes of at least 4 members (excludes halogenated alkanes) is 10. The number of ether oxygens (including phenoxy) is 1. The van der Waals surface area contributed by atoms with Crippen molar-refractivity contribution in [1.29, 1.82) is 0 Å². The average molecular weight is 361 g/mol. The molecule has 0 spiro atoms. The Morgan fingerprint density at radius 2 is 1.25 bits per heavy atom. The Kier molecular flexibility index (Phi) is 16.8. The monoisotopic (exact) mass is 360 g/mol. The molecule has 24 heavy (non-hydrogen) atoms. The molecule has 0 fully saturated rings. The van der Waals surface area contributed by atoms with Gasteiger partial charge in [-0.25, -0.2) is 0 Å². The predicted molar refractivity (Wildman–Crippen MR) is 101 cm³/mol. The van der Waals surface area contributed by atoms with Crippen molar-refractivity contribution >= 4 is 22.8 Å². The van der Waals surface area contributed by atoms with Gasteiger partial charge in [-0.15, -0.1) is 0 Å². The highest BCUT2D eigenvalue weighted by Gasteiger charge is 2.11. The summed E-state index contributed by atoms with van der Waals surface area (Å²) in [4.78, 5) is 21.8. The molecule has 0 aromatic rings. The van der Waals surface area contributed by atoms with Crippen LogP contribution in [0.4, 0.5) is 0 Å². The maximum atomic E-state index is 11.2. The van der Waals surface area contributed by atoms with Crippen molar-refractivity contribution in [3.05, 3.63) is 0 Å². The molecular formula is C20H37ClO3. The molecule has 0 saturated heterocycles. The minimum Gasteiger partial charge on any atom is -0.463 e. The quantitative estimate of drug-likeness (QED) is 0.168. The molecule has 0 saturated carbocycles. The lowest BCUT2D eigenvalue weighted by Crippen LogP contribution is -2.16. The molecule has 4 heteroatoms. The molecule has 0 aliphatic carbocycles. The van der Waals surface area contributed by atoms with E-state index in [1.807, 2.05) is 0 Å². The van der Waals surface area contributed by atoms with Crippen LogP contribution in [-0.2, 0) is 14.3 Å². The largest absolute Gasteiger partial charge is 0.463 e. The molecule has 0 radical (unpaired) electrons. The number of rotatable bonds is 17. The Labute approximate surface area is 153 Å². The number of carbonyl (C=O) groups is 2. The normalized spacial score (nSPS) is 12.1. The molecule has 0 aromatic heterocycles. The number of esters is 1. The molecule has 142 valence electrons. The third-order valence-electron chi connectivity index (χ3n) is 4.36. The van der Waals surface area contributed by atoms with E-state index in [0.717, 1.165) is 38.5 Å². The molecule has 0 aromatic carbocycles. The van der Waals surface area contributed by atoms with Crippen LogP contribution in [0.5, 0.6) is 0 Å². The zero-order chi connectivity index (χ0) is 18.0. The first-order valence-electron chi connectivity index (χ1n) is 9.91. The Hall–Kier alpha value is -0.570. The number of carbonyl (C=O) groups excluding carboxylic acids is 2. The number of halogens is 1. The topological polar surface area (TPSA) is 43.4 Å². The van der Waals surface area contributed by atoms with Crippen LogP contribution in [-0.4, -0.2) is 17.3 Å². The van der Waals surface area contributed by atoms with Gasteiger partial charge in [0.05, 0.1) is 0 Å². The first kappa shape index (κ1) is 23.4. The molecule has 0 aliphatic rings. The van der Waals surface area contributed by atoms with E-state index >= 15 is 0 Å². The van der Waals surface area contributed by atoms with E-state index in [4.69, 9.17) is 16.3 Å². The Bertz CT molecular complexity index is 318. The lowest BCUT2D eigenvalue weighted by Gasteiger charge is -2.17. The molecule has 1 atom stereocenters. The van der Waals surface area contributed by atoms with E-state index in [0.29, 0.717) is 6.42 Å². The van der Waals surface area contributed by atoms with Gasteiger partial charge >= 0.3 is 5.97 Å². The first-order valence-corrected chi connectivity index (χ1v) is 10.3. The maximum Gasteiger partial charge on any atom is 0.302 e. The van der Waals surface area contributed by atoms with Crippen LogP contribution in [0.3, 0.4) is 0 Å². The summed E-state index contributed by atoms with van der Waals surface area (Å²) in [5.74, 6) is -0.147. The SMILES string of the molecule is CCCCCCC(CCCCCCCCCCC(=O)Cl)OC(C)=O. The van der Waals surface area contributed by atoms with Gasteiger partial charge in [-0.05, 0) is 43.7 Å². The molecule has 0 amide bonds. The molecular weight excluding hydrogens is 324 g/mol. The van der Waals surface area contributed by atoms with Gasteiger partial charge in [-0.1, -0.05) is 64.7 Å². The lowest BCUT2D eigenvalue weighted by atomic mass is 10.0. The second-order valence-electron chi connectivity index (χ2n) is 6.80. The predicted octanol–water partition coefficient (Wildman–Crippen LogP) is 6.55. The fraction of sp³-hybridized carbons (Fsp3) is 0.900. The summed E-state index contributed by atoms with van der Waals surface area (Å²) < 4.78 is 5.44. The van der Waals surface area contributed by atoms with Crippen molar-refractivity contribution in [2.45, 2.75) is 116 Å². The van der Waals surface area contributed by atoms with E-state index in [2.05, 4.69) is 6.92 Å². The van der Waals surface area contributed by atoms with Gasteiger partial charge in [0.15, 0.2) is 0 Å². The van der Waals surface area contributed by atoms with E-state index in [1.54, 1.807) is 0 Å². The zero-order valence-electron chi connectivity index (χ0n) is 15.8. The summed E-state index contributed by atoms with van der Waals surface area (Å²) in [6.45, 7) is 3.72. The van der Waals surface area contributed by atoms with Gasteiger partial charge in [0.25, 0.3) is 0 Å². The van der Waals surface area contributed by atoms with Crippen LogP contribution in [0.2, 0.25) is 0 Å². The van der Waals surface area contributed by atoms with Gasteiger partial charge in [0, 0.05) is 13.3 Å². The molecule has 0 N–H and O–H groups in total. The second-order valence-corrected chi connectivity index (χ2v) is 7.22. The van der Waals surface area contributed by atoms with Crippen molar-refractivity contribution in [3.63, 3.8) is 0 Å². The molecule has 0 aliphatic heterocycles. The summed E-state index contributed by atoms with van der Waals surface area (Å²) in [5, 5.41) is -0.216. The van der Waals surface area contributed by atoms with Crippen LogP contribution in [0, 0.1) is 0 Å². The first-order chi connectivity index (χ1) is 11.6. The lowest BCUT2D eigenvalue weighted by molar-refractivity contribution is -0.147. The minimum atomic E-state index is -0.216. The minimum absolute atomic E-state index is 0.118. The third kappa shape index (κ3) is 17.8. The van der Waals surface area contributed by atoms with E-state index < -0.39 is 0 Å². The van der Waals surface area contributed by atoms with Gasteiger partial charge in [0.1, 0.15) is 6.10 Å². The maximum absolute atomic E-state index is 11.2. The highest BCUT2D eigenvalue weighted by atomic mass is 35.5. The summed E-state index contributed by atoms with van der Waals surface area (Å²) in [5.41, 5.74) is 0. The summed E-state index contributed by atoms with van der Waals surface area (Å²) >= 11 is 5.31. The van der Waals surface area contributed by atoms with Crippen molar-refractivity contribution < 1.29 is 14.3 Å². The Balaban J connectivity index is 3.54. The van der Waals surface area contributed by atoms with Crippen LogP contribution >= 0.6 is 11.6 Å². The summed E-state index contributed by atoms with van der Waals surface area (Å²) in [6.07, 6.45) is 16.9. The fourth-order valence-electron chi connectivity index (χ4n) is 2.99. The van der Waals surface area contributed by atoms with E-state index in [1.165, 1.54) is 58.3 Å². The van der Waals surface area contributed by atoms with Crippen LogP contribution in [0.25, 0.3) is 0 Å². The van der Waals surface area contributed by atoms with Crippen molar-refractivity contribution in [2.75, 3.05) is 0 Å². The summed E-state index contributed by atoms with van der Waals surface area (Å²) in [7, 11) is 0. The highest BCUT2D eigenvalue weighted by Crippen LogP contribution is 2.17. The van der Waals surface area contributed by atoms with Crippen LogP contribution in [0.15, 0.2) is 0 Å². The zero-order valence-corrected chi connectivity index (χ0v) is 16.5. The summed E-state index contributed by atoms with van der Waals surface area (Å²) in [6, 6.07) is 0. The van der Waals surface area contributed by atoms with Crippen LogP contribution < -0.4 is 0 Å². The standard InChI is InChI=1S/C20H37ClO3/c1-3-4-5-12-15-19(24-18(2)22)16-13-10-8-6-7-9-11-14-17-20(21)23/h19H,3-17H2,1-2H3. The number of hydrogen-bond donors (Lipinski definition) is 0. The van der Waals surface area contributed by atoms with E-state index in [9.17, 15) is 9.59 Å². The third-order valence-corrected chi connectivity index (χ3v) is 4.55. The van der Waals surface area contributed by atoms with Crippen LogP contribution in [0.1, 0.15) is 110 Å². The van der Waals surface area contributed by atoms with Crippen molar-refractivity contribution in [3.8, 4) is 0 Å². The van der Waals surface area contributed by atoms with Gasteiger partial charge in [0.2, 0.25) is 5.24 Å². The molecule has 0 heterocycles. The average Bonchev–Trinajstić information content (AvgIpc) is 2.52. The Morgan fingerprint density at radius 3 is 1.71 bits per heavy atom. The second kappa shape index (κ2) is 17.3. The molecule has 3 nitrogen and oxygen atoms in total. The molecule has 0 rings (SSSR count). The van der Waals surface area contributed by atoms with E-state index in [-0.39, 0.29) is 17.3 Å². The smallest absolute Gasteiger partial charge is 0.302 e. The van der Waals surface area contributed by atoms with Gasteiger partial charge in [-0.3, -0.25) is 9.59 Å². The van der Waals surface area contributed by atoms with Gasteiger partial charge in [-0.2, -0.15) is 0 Å². The molecule has 1 unspecified atom stereocenters. The Morgan fingerprint density at radius 1 is 0.792 bits per heavy atom. The fourth-order valence-corrected chi connectivity index (χ4v) is 3.13.